The molecular weight excluding hydrogens is 296 g/mol. The molecular formula is C13H16N2O3S2. The van der Waals surface area contributed by atoms with Crippen molar-refractivity contribution >= 4 is 42.9 Å². The van der Waals surface area contributed by atoms with Crippen molar-refractivity contribution in [2.45, 2.75) is 6.92 Å². The van der Waals surface area contributed by atoms with Crippen LogP contribution in [-0.4, -0.2) is 32.4 Å². The van der Waals surface area contributed by atoms with Crippen LogP contribution < -0.4 is 11.1 Å². The van der Waals surface area contributed by atoms with E-state index in [0.717, 1.165) is 10.1 Å². The van der Waals surface area contributed by atoms with Gasteiger partial charge < -0.3 is 11.1 Å². The Balaban J connectivity index is 2.04. The smallest absolute Gasteiger partial charge is 0.261 e. The lowest BCUT2D eigenvalue weighted by Crippen LogP contribution is -2.29. The zero-order valence-electron chi connectivity index (χ0n) is 11.0. The molecule has 3 N–H and O–H groups in total. The normalized spacial score (nSPS) is 11.7. The van der Waals surface area contributed by atoms with E-state index < -0.39 is 9.84 Å². The molecule has 2 rings (SSSR count). The molecule has 0 unspecified atom stereocenters. The predicted octanol–water partition coefficient (Wildman–Crippen LogP) is 1.65. The number of amides is 1. The number of anilines is 1. The molecule has 0 aliphatic heterocycles. The van der Waals surface area contributed by atoms with E-state index in [4.69, 9.17) is 5.73 Å². The van der Waals surface area contributed by atoms with E-state index in [1.54, 1.807) is 19.1 Å². The van der Waals surface area contributed by atoms with Gasteiger partial charge in [-0.3, -0.25) is 4.79 Å². The van der Waals surface area contributed by atoms with E-state index in [2.05, 4.69) is 5.32 Å². The van der Waals surface area contributed by atoms with Crippen LogP contribution >= 0.6 is 11.3 Å². The van der Waals surface area contributed by atoms with Crippen molar-refractivity contribution in [3.8, 4) is 0 Å². The molecule has 0 radical (unpaired) electrons. The second kappa shape index (κ2) is 5.80. The van der Waals surface area contributed by atoms with Crippen molar-refractivity contribution in [2.24, 2.45) is 0 Å². The molecule has 5 nitrogen and oxygen atoms in total. The summed E-state index contributed by atoms with van der Waals surface area (Å²) in [5, 5.41) is 3.54. The van der Waals surface area contributed by atoms with E-state index in [1.165, 1.54) is 11.3 Å². The first-order valence-corrected chi connectivity index (χ1v) is 8.83. The number of sulfone groups is 1. The first kappa shape index (κ1) is 14.8. The number of hydrogen-bond acceptors (Lipinski definition) is 5. The Kier molecular flexibility index (Phi) is 4.29. The third kappa shape index (κ3) is 3.49. The minimum atomic E-state index is -3.06. The van der Waals surface area contributed by atoms with E-state index >= 15 is 0 Å². The molecule has 0 aliphatic rings. The summed E-state index contributed by atoms with van der Waals surface area (Å²) in [4.78, 5) is 12.5. The van der Waals surface area contributed by atoms with Crippen molar-refractivity contribution in [1.82, 2.24) is 5.32 Å². The number of carbonyl (C=O) groups excluding carboxylic acids is 1. The average molecular weight is 312 g/mol. The summed E-state index contributed by atoms with van der Waals surface area (Å²) in [6.07, 6.45) is 0. The molecule has 7 heteroatoms. The summed E-state index contributed by atoms with van der Waals surface area (Å²) in [5.41, 5.74) is 6.34. The highest BCUT2D eigenvalue weighted by Gasteiger charge is 2.12. The number of hydrogen-bond donors (Lipinski definition) is 2. The molecule has 0 fully saturated rings. The van der Waals surface area contributed by atoms with Gasteiger partial charge in [-0.15, -0.1) is 11.3 Å². The molecule has 2 aromatic rings. The van der Waals surface area contributed by atoms with Crippen molar-refractivity contribution in [2.75, 3.05) is 23.8 Å². The Bertz CT molecular complexity index is 735. The predicted molar refractivity (Wildman–Crippen MR) is 82.9 cm³/mol. The van der Waals surface area contributed by atoms with Gasteiger partial charge in [-0.05, 0) is 29.7 Å². The number of thiophene rings is 1. The summed E-state index contributed by atoms with van der Waals surface area (Å²) in [6.45, 7) is 1.72. The lowest BCUT2D eigenvalue weighted by molar-refractivity contribution is 0.0960. The zero-order valence-corrected chi connectivity index (χ0v) is 12.7. The molecule has 0 atom stereocenters. The van der Waals surface area contributed by atoms with E-state index in [1.807, 2.05) is 12.1 Å². The van der Waals surface area contributed by atoms with Gasteiger partial charge in [-0.25, -0.2) is 8.42 Å². The zero-order chi connectivity index (χ0) is 14.8. The summed E-state index contributed by atoms with van der Waals surface area (Å²) in [6, 6.07) is 7.23. The van der Waals surface area contributed by atoms with Crippen LogP contribution in [0.25, 0.3) is 10.1 Å². The molecule has 0 saturated heterocycles. The fourth-order valence-electron chi connectivity index (χ4n) is 1.73. The number of benzene rings is 1. The van der Waals surface area contributed by atoms with Crippen LogP contribution in [0.3, 0.4) is 0 Å². The second-order valence-electron chi connectivity index (χ2n) is 4.40. The maximum atomic E-state index is 11.9. The Hall–Kier alpha value is -1.60. The van der Waals surface area contributed by atoms with Gasteiger partial charge in [0.1, 0.15) is 0 Å². The maximum absolute atomic E-state index is 11.9. The quantitative estimate of drug-likeness (QED) is 0.822. The minimum absolute atomic E-state index is 0.0346. The number of fused-ring (bicyclic) bond motifs is 1. The lowest BCUT2D eigenvalue weighted by Gasteiger charge is -2.03. The van der Waals surface area contributed by atoms with Gasteiger partial charge in [0.2, 0.25) is 0 Å². The standard InChI is InChI=1S/C13H16N2O3S2/c1-2-20(17,18)6-5-15-13(16)12-8-9-7-10(14)3-4-11(9)19-12/h3-4,7-8H,2,5-6,14H2,1H3,(H,15,16). The number of rotatable bonds is 5. The van der Waals surface area contributed by atoms with Crippen LogP contribution in [-0.2, 0) is 9.84 Å². The molecule has 0 spiro atoms. The van der Waals surface area contributed by atoms with E-state index in [9.17, 15) is 13.2 Å². The van der Waals surface area contributed by atoms with Crippen molar-refractivity contribution in [3.63, 3.8) is 0 Å². The third-order valence-electron chi connectivity index (χ3n) is 2.90. The van der Waals surface area contributed by atoms with Crippen LogP contribution in [0.2, 0.25) is 0 Å². The summed E-state index contributed by atoms with van der Waals surface area (Å²) >= 11 is 1.36. The first-order chi connectivity index (χ1) is 9.41. The van der Waals surface area contributed by atoms with E-state index in [0.29, 0.717) is 10.6 Å². The SMILES string of the molecule is CCS(=O)(=O)CCNC(=O)c1cc2cc(N)ccc2s1. The summed E-state index contributed by atoms with van der Waals surface area (Å²) in [7, 11) is -3.06. The number of nitrogens with one attached hydrogen (secondary N) is 1. The molecule has 1 amide bonds. The molecule has 0 bridgehead atoms. The van der Waals surface area contributed by atoms with Crippen LogP contribution in [0, 0.1) is 0 Å². The van der Waals surface area contributed by atoms with Crippen molar-refractivity contribution in [3.05, 3.63) is 29.1 Å². The maximum Gasteiger partial charge on any atom is 0.261 e. The Morgan fingerprint density at radius 2 is 2.10 bits per heavy atom. The van der Waals surface area contributed by atoms with Gasteiger partial charge >= 0.3 is 0 Å². The molecule has 108 valence electrons. The Morgan fingerprint density at radius 1 is 1.35 bits per heavy atom. The fourth-order valence-corrected chi connectivity index (χ4v) is 3.39. The Labute approximate surface area is 121 Å². The molecule has 1 aromatic heterocycles. The van der Waals surface area contributed by atoms with Crippen LogP contribution in [0.4, 0.5) is 5.69 Å². The summed E-state index contributed by atoms with van der Waals surface area (Å²) in [5.74, 6) is -0.200. The highest BCUT2D eigenvalue weighted by atomic mass is 32.2. The fraction of sp³-hybridized carbons (Fsp3) is 0.308. The topological polar surface area (TPSA) is 89.3 Å². The van der Waals surface area contributed by atoms with Gasteiger partial charge in [0, 0.05) is 22.7 Å². The van der Waals surface area contributed by atoms with Crippen LogP contribution in [0.5, 0.6) is 0 Å². The highest BCUT2D eigenvalue weighted by molar-refractivity contribution is 7.91. The monoisotopic (exact) mass is 312 g/mol. The third-order valence-corrected chi connectivity index (χ3v) is 5.72. The molecule has 20 heavy (non-hydrogen) atoms. The largest absolute Gasteiger partial charge is 0.399 e. The number of carbonyl (C=O) groups is 1. The summed E-state index contributed by atoms with van der Waals surface area (Å²) < 4.78 is 23.6. The van der Waals surface area contributed by atoms with Gasteiger partial charge in [0.25, 0.3) is 5.91 Å². The molecule has 1 aromatic carbocycles. The molecule has 0 aliphatic carbocycles. The van der Waals surface area contributed by atoms with Gasteiger partial charge in [0.05, 0.1) is 10.6 Å². The second-order valence-corrected chi connectivity index (χ2v) is 7.96. The minimum Gasteiger partial charge on any atom is -0.399 e. The van der Waals surface area contributed by atoms with Gasteiger partial charge in [-0.1, -0.05) is 6.92 Å². The molecule has 1 heterocycles. The van der Waals surface area contributed by atoms with Crippen molar-refractivity contribution in [1.29, 1.82) is 0 Å². The van der Waals surface area contributed by atoms with Gasteiger partial charge in [0.15, 0.2) is 9.84 Å². The van der Waals surface area contributed by atoms with Crippen molar-refractivity contribution < 1.29 is 13.2 Å². The highest BCUT2D eigenvalue weighted by Crippen LogP contribution is 2.27. The van der Waals surface area contributed by atoms with Gasteiger partial charge in [-0.2, -0.15) is 0 Å². The number of nitrogens with two attached hydrogens (primary N) is 1. The average Bonchev–Trinajstić information content (AvgIpc) is 2.81. The lowest BCUT2D eigenvalue weighted by atomic mass is 10.2. The van der Waals surface area contributed by atoms with Crippen LogP contribution in [0.1, 0.15) is 16.6 Å². The molecule has 0 saturated carbocycles. The Morgan fingerprint density at radius 3 is 2.80 bits per heavy atom. The van der Waals surface area contributed by atoms with Crippen LogP contribution in [0.15, 0.2) is 24.3 Å². The van der Waals surface area contributed by atoms with E-state index in [-0.39, 0.29) is 24.0 Å². The number of nitrogen functional groups attached to an aromatic ring is 1. The first-order valence-electron chi connectivity index (χ1n) is 6.19.